The lowest BCUT2D eigenvalue weighted by Gasteiger charge is -2.13. The van der Waals surface area contributed by atoms with Crippen LogP contribution in [0.15, 0.2) is 42.5 Å². The van der Waals surface area contributed by atoms with Crippen molar-refractivity contribution in [1.29, 1.82) is 0 Å². The fourth-order valence-electron chi connectivity index (χ4n) is 1.88. The number of esters is 1. The van der Waals surface area contributed by atoms with E-state index in [-0.39, 0.29) is 11.8 Å². The van der Waals surface area contributed by atoms with Gasteiger partial charge in [0.2, 0.25) is 0 Å². The average molecular weight is 274 g/mol. The molecule has 0 aliphatic rings. The van der Waals surface area contributed by atoms with Crippen molar-refractivity contribution in [3.8, 4) is 0 Å². The molecule has 0 amide bonds. The van der Waals surface area contributed by atoms with Gasteiger partial charge in [0, 0.05) is 4.88 Å². The molecule has 1 aromatic heterocycles. The Morgan fingerprint density at radius 2 is 1.79 bits per heavy atom. The van der Waals surface area contributed by atoms with Crippen molar-refractivity contribution in [3.05, 3.63) is 57.8 Å². The SMILES string of the molecule is COC(=O)C(c1ccccc1)c1ccc(C(C)=O)s1. The molecule has 1 heterocycles. The first-order valence-electron chi connectivity index (χ1n) is 5.87. The number of thiophene rings is 1. The summed E-state index contributed by atoms with van der Waals surface area (Å²) in [6.07, 6.45) is 0. The number of hydrogen-bond acceptors (Lipinski definition) is 4. The Balaban J connectivity index is 2.43. The molecule has 0 radical (unpaired) electrons. The lowest BCUT2D eigenvalue weighted by molar-refractivity contribution is -0.141. The average Bonchev–Trinajstić information content (AvgIpc) is 2.89. The number of hydrogen-bond donors (Lipinski definition) is 0. The molecule has 0 saturated carbocycles. The third-order valence-electron chi connectivity index (χ3n) is 2.83. The van der Waals surface area contributed by atoms with Crippen LogP contribution in [0.25, 0.3) is 0 Å². The number of methoxy groups -OCH3 is 1. The maximum atomic E-state index is 12.0. The summed E-state index contributed by atoms with van der Waals surface area (Å²) in [5.41, 5.74) is 0.867. The first kappa shape index (κ1) is 13.5. The Kier molecular flexibility index (Phi) is 4.12. The van der Waals surface area contributed by atoms with E-state index < -0.39 is 5.92 Å². The van der Waals surface area contributed by atoms with Crippen molar-refractivity contribution in [2.75, 3.05) is 7.11 Å². The molecule has 0 N–H and O–H groups in total. The predicted octanol–water partition coefficient (Wildman–Crippen LogP) is 3.26. The third-order valence-corrected chi connectivity index (χ3v) is 4.08. The molecule has 2 rings (SSSR count). The number of carbonyl (C=O) groups excluding carboxylic acids is 2. The van der Waals surface area contributed by atoms with Crippen molar-refractivity contribution < 1.29 is 14.3 Å². The molecule has 19 heavy (non-hydrogen) atoms. The van der Waals surface area contributed by atoms with E-state index >= 15 is 0 Å². The number of benzene rings is 1. The molecule has 4 heteroatoms. The second-order valence-electron chi connectivity index (χ2n) is 4.13. The fourth-order valence-corrected chi connectivity index (χ4v) is 2.90. The van der Waals surface area contributed by atoms with E-state index in [1.165, 1.54) is 25.4 Å². The summed E-state index contributed by atoms with van der Waals surface area (Å²) in [5, 5.41) is 0. The van der Waals surface area contributed by atoms with Gasteiger partial charge in [-0.25, -0.2) is 0 Å². The van der Waals surface area contributed by atoms with Gasteiger partial charge in [-0.05, 0) is 24.6 Å². The number of rotatable bonds is 4. The second kappa shape index (κ2) is 5.80. The van der Waals surface area contributed by atoms with Gasteiger partial charge in [-0.15, -0.1) is 11.3 Å². The molecule has 2 aromatic rings. The van der Waals surface area contributed by atoms with Crippen molar-refractivity contribution in [3.63, 3.8) is 0 Å². The minimum atomic E-state index is -0.468. The standard InChI is InChI=1S/C15H14O3S/c1-10(16)12-8-9-13(19-12)14(15(17)18-2)11-6-4-3-5-7-11/h3-9,14H,1-2H3. The first-order chi connectivity index (χ1) is 9.13. The van der Waals surface area contributed by atoms with Crippen LogP contribution >= 0.6 is 11.3 Å². The minimum Gasteiger partial charge on any atom is -0.468 e. The quantitative estimate of drug-likeness (QED) is 0.635. The lowest BCUT2D eigenvalue weighted by atomic mass is 9.98. The van der Waals surface area contributed by atoms with E-state index in [1.54, 1.807) is 6.07 Å². The van der Waals surface area contributed by atoms with E-state index in [0.717, 1.165) is 10.4 Å². The van der Waals surface area contributed by atoms with Crippen LogP contribution in [0.5, 0.6) is 0 Å². The second-order valence-corrected chi connectivity index (χ2v) is 5.24. The number of Topliss-reactive ketones (excluding diaryl/α,β-unsaturated/α-hetero) is 1. The monoisotopic (exact) mass is 274 g/mol. The zero-order chi connectivity index (χ0) is 13.8. The number of ether oxygens (including phenoxy) is 1. The highest BCUT2D eigenvalue weighted by Crippen LogP contribution is 2.31. The van der Waals surface area contributed by atoms with E-state index in [9.17, 15) is 9.59 Å². The maximum Gasteiger partial charge on any atom is 0.318 e. The number of carbonyl (C=O) groups is 2. The summed E-state index contributed by atoms with van der Waals surface area (Å²) in [5.74, 6) is -0.777. The van der Waals surface area contributed by atoms with Crippen LogP contribution in [0.3, 0.4) is 0 Å². The molecule has 0 fully saturated rings. The largest absolute Gasteiger partial charge is 0.468 e. The predicted molar refractivity (Wildman–Crippen MR) is 74.6 cm³/mol. The summed E-state index contributed by atoms with van der Waals surface area (Å²) >= 11 is 1.34. The molecule has 3 nitrogen and oxygen atoms in total. The Hall–Kier alpha value is -1.94. The highest BCUT2D eigenvalue weighted by atomic mass is 32.1. The van der Waals surface area contributed by atoms with Crippen molar-refractivity contribution in [2.45, 2.75) is 12.8 Å². The van der Waals surface area contributed by atoms with Gasteiger partial charge in [-0.2, -0.15) is 0 Å². The molecule has 1 unspecified atom stereocenters. The Morgan fingerprint density at radius 1 is 1.11 bits per heavy atom. The Labute approximate surface area is 115 Å². The molecule has 1 aromatic carbocycles. The van der Waals surface area contributed by atoms with E-state index in [0.29, 0.717) is 4.88 Å². The molecule has 0 aliphatic carbocycles. The molecular weight excluding hydrogens is 260 g/mol. The highest BCUT2D eigenvalue weighted by Gasteiger charge is 2.25. The van der Waals surface area contributed by atoms with E-state index in [4.69, 9.17) is 4.74 Å². The van der Waals surface area contributed by atoms with E-state index in [1.807, 2.05) is 36.4 Å². The first-order valence-corrected chi connectivity index (χ1v) is 6.68. The van der Waals surface area contributed by atoms with Crippen molar-refractivity contribution in [2.24, 2.45) is 0 Å². The highest BCUT2D eigenvalue weighted by molar-refractivity contribution is 7.14. The van der Waals surface area contributed by atoms with Crippen LogP contribution in [0, 0.1) is 0 Å². The molecular formula is C15H14O3S. The van der Waals surface area contributed by atoms with Gasteiger partial charge in [-0.1, -0.05) is 30.3 Å². The van der Waals surface area contributed by atoms with Gasteiger partial charge < -0.3 is 4.74 Å². The maximum absolute atomic E-state index is 12.0. The molecule has 0 aliphatic heterocycles. The topological polar surface area (TPSA) is 43.4 Å². The molecule has 0 spiro atoms. The third kappa shape index (κ3) is 2.90. The van der Waals surface area contributed by atoms with Crippen LogP contribution < -0.4 is 0 Å². The Bertz CT molecular complexity index is 586. The van der Waals surface area contributed by atoms with E-state index in [2.05, 4.69) is 0 Å². The number of ketones is 1. The van der Waals surface area contributed by atoms with Gasteiger partial charge in [0.15, 0.2) is 5.78 Å². The van der Waals surface area contributed by atoms with Crippen LogP contribution in [-0.2, 0) is 9.53 Å². The molecule has 98 valence electrons. The molecule has 0 bridgehead atoms. The summed E-state index contributed by atoms with van der Waals surface area (Å²) in [6, 6.07) is 13.0. The summed E-state index contributed by atoms with van der Waals surface area (Å²) in [4.78, 5) is 24.8. The van der Waals surface area contributed by atoms with Crippen LogP contribution in [0.4, 0.5) is 0 Å². The summed E-state index contributed by atoms with van der Waals surface area (Å²) in [7, 11) is 1.37. The smallest absolute Gasteiger partial charge is 0.318 e. The molecule has 0 saturated heterocycles. The van der Waals surface area contributed by atoms with Gasteiger partial charge in [0.25, 0.3) is 0 Å². The zero-order valence-corrected chi connectivity index (χ0v) is 11.6. The summed E-state index contributed by atoms with van der Waals surface area (Å²) < 4.78 is 4.87. The normalized spacial score (nSPS) is 11.9. The Morgan fingerprint density at radius 3 is 2.32 bits per heavy atom. The fraction of sp³-hybridized carbons (Fsp3) is 0.200. The summed E-state index contributed by atoms with van der Waals surface area (Å²) in [6.45, 7) is 1.52. The van der Waals surface area contributed by atoms with Gasteiger partial charge in [-0.3, -0.25) is 9.59 Å². The minimum absolute atomic E-state index is 0.00734. The van der Waals surface area contributed by atoms with Crippen molar-refractivity contribution >= 4 is 23.1 Å². The molecule has 1 atom stereocenters. The van der Waals surface area contributed by atoms with Crippen LogP contribution in [-0.4, -0.2) is 18.9 Å². The van der Waals surface area contributed by atoms with Crippen molar-refractivity contribution in [1.82, 2.24) is 0 Å². The van der Waals surface area contributed by atoms with Gasteiger partial charge >= 0.3 is 5.97 Å². The van der Waals surface area contributed by atoms with Gasteiger partial charge in [0.1, 0.15) is 5.92 Å². The van der Waals surface area contributed by atoms with Gasteiger partial charge in [0.05, 0.1) is 12.0 Å². The van der Waals surface area contributed by atoms with Crippen LogP contribution in [0.2, 0.25) is 0 Å². The van der Waals surface area contributed by atoms with Crippen LogP contribution in [0.1, 0.15) is 33.0 Å². The zero-order valence-electron chi connectivity index (χ0n) is 10.8. The lowest BCUT2D eigenvalue weighted by Crippen LogP contribution is -2.14.